The van der Waals surface area contributed by atoms with Crippen molar-refractivity contribution in [3.8, 4) is 0 Å². The van der Waals surface area contributed by atoms with Gasteiger partial charge in [0.2, 0.25) is 0 Å². The molecule has 42 heavy (non-hydrogen) atoms. The van der Waals surface area contributed by atoms with Crippen LogP contribution in [0.15, 0.2) is 0 Å². The second-order valence-electron chi connectivity index (χ2n) is 8.18. The van der Waals surface area contributed by atoms with Gasteiger partial charge >= 0.3 is 71.6 Å². The predicted molar refractivity (Wildman–Crippen MR) is 80.0 cm³/mol. The second kappa shape index (κ2) is 10.1. The van der Waals surface area contributed by atoms with Gasteiger partial charge in [0.15, 0.2) is 0 Å². The van der Waals surface area contributed by atoms with Crippen molar-refractivity contribution < 1.29 is 114 Å². The Morgan fingerprint density at radius 1 is 0.310 bits per heavy atom. The van der Waals surface area contributed by atoms with Crippen molar-refractivity contribution >= 4 is 0 Å². The summed E-state index contributed by atoms with van der Waals surface area (Å²) in [5, 5.41) is 0. The van der Waals surface area contributed by atoms with Crippen LogP contribution in [0, 0.1) is 5.92 Å². The summed E-state index contributed by atoms with van der Waals surface area (Å²) in [6.07, 6.45) is -21.2. The van der Waals surface area contributed by atoms with Crippen molar-refractivity contribution in [3.05, 3.63) is 0 Å². The lowest BCUT2D eigenvalue weighted by Crippen LogP contribution is -2.75. The highest BCUT2D eigenvalue weighted by molar-refractivity contribution is 5.17. The average molecular weight is 694 g/mol. The molecule has 0 rings (SSSR count). The normalized spacial score (nSPS) is 16.9. The summed E-state index contributed by atoms with van der Waals surface area (Å²) >= 11 is 0. The molecule has 0 aromatic heterocycles. The van der Waals surface area contributed by atoms with Crippen LogP contribution in [0.4, 0.5) is 114 Å². The molecule has 0 spiro atoms. The summed E-state index contributed by atoms with van der Waals surface area (Å²) in [5.74, 6) is -93.5. The van der Waals surface area contributed by atoms with Crippen LogP contribution in [0.1, 0.15) is 19.8 Å². The summed E-state index contributed by atoms with van der Waals surface area (Å²) in [4.78, 5) is 0. The zero-order valence-electron chi connectivity index (χ0n) is 18.8. The maximum absolute atomic E-state index is 14.2. The maximum Gasteiger partial charge on any atom is 0.460 e. The Balaban J connectivity index is 7.47. The molecule has 0 fully saturated rings. The molecule has 0 heterocycles. The van der Waals surface area contributed by atoms with E-state index in [1.807, 2.05) is 0 Å². The molecule has 0 aromatic carbocycles. The first-order valence-electron chi connectivity index (χ1n) is 9.61. The lowest BCUT2D eigenvalue weighted by molar-refractivity contribution is -0.462. The standard InChI is InChI=1S/C16H8F26/c1-2-3-4(5(17,18)7(21,22)9(25,26)11(29,30)13(33,34)15(37,38)39)6(19,20)8(23,24)10(27,28)12(31,32)14(35,36)16(40,41)42/h4H,2-3H2,1H3. The van der Waals surface area contributed by atoms with Crippen molar-refractivity contribution in [1.29, 1.82) is 0 Å². The van der Waals surface area contributed by atoms with E-state index in [2.05, 4.69) is 0 Å². The number of hydrogen-bond acceptors (Lipinski definition) is 0. The van der Waals surface area contributed by atoms with Gasteiger partial charge in [-0.2, -0.15) is 114 Å². The molecular weight excluding hydrogens is 686 g/mol. The number of halogens is 26. The molecule has 0 saturated carbocycles. The Morgan fingerprint density at radius 2 is 0.500 bits per heavy atom. The van der Waals surface area contributed by atoms with Crippen LogP contribution in [0.2, 0.25) is 0 Å². The third-order valence-electron chi connectivity index (χ3n) is 5.37. The Hall–Kier alpha value is -1.82. The van der Waals surface area contributed by atoms with Gasteiger partial charge in [-0.1, -0.05) is 13.3 Å². The first-order valence-corrected chi connectivity index (χ1v) is 9.61. The number of hydrogen-bond donors (Lipinski definition) is 0. The van der Waals surface area contributed by atoms with Crippen LogP contribution in [0.25, 0.3) is 0 Å². The fraction of sp³-hybridized carbons (Fsp3) is 1.00. The minimum Gasteiger partial charge on any atom is -0.199 e. The SMILES string of the molecule is CCCC(C(F)(F)C(F)(F)C(F)(F)C(F)(F)C(F)(F)C(F)(F)F)C(F)(F)C(F)(F)C(F)(F)C(F)(F)C(F)(F)C(F)(F)F. The molecular formula is C16H8F26. The fourth-order valence-electron chi connectivity index (χ4n) is 2.88. The van der Waals surface area contributed by atoms with Crippen molar-refractivity contribution in [2.75, 3.05) is 0 Å². The van der Waals surface area contributed by atoms with E-state index in [-0.39, 0.29) is 6.92 Å². The third kappa shape index (κ3) is 4.96. The van der Waals surface area contributed by atoms with Gasteiger partial charge < -0.3 is 0 Å². The van der Waals surface area contributed by atoms with Gasteiger partial charge in [-0.15, -0.1) is 0 Å². The summed E-state index contributed by atoms with van der Waals surface area (Å²) in [7, 11) is 0. The van der Waals surface area contributed by atoms with E-state index in [0.29, 0.717) is 0 Å². The molecule has 0 aromatic rings. The molecule has 0 nitrogen and oxygen atoms in total. The van der Waals surface area contributed by atoms with Crippen molar-refractivity contribution in [1.82, 2.24) is 0 Å². The van der Waals surface area contributed by atoms with Crippen LogP contribution >= 0.6 is 0 Å². The zero-order chi connectivity index (χ0) is 35.0. The summed E-state index contributed by atoms with van der Waals surface area (Å²) in [6.45, 7) is 0.0462. The first-order chi connectivity index (χ1) is 17.7. The molecule has 0 amide bonds. The molecule has 0 unspecified atom stereocenters. The Morgan fingerprint density at radius 3 is 0.667 bits per heavy atom. The minimum atomic E-state index is -8.99. The van der Waals surface area contributed by atoms with Crippen LogP contribution in [-0.4, -0.2) is 71.6 Å². The van der Waals surface area contributed by atoms with Gasteiger partial charge in [-0.3, -0.25) is 0 Å². The van der Waals surface area contributed by atoms with Crippen LogP contribution in [-0.2, 0) is 0 Å². The van der Waals surface area contributed by atoms with E-state index >= 15 is 0 Å². The topological polar surface area (TPSA) is 0 Å². The average Bonchev–Trinajstić information content (AvgIpc) is 2.74. The lowest BCUT2D eigenvalue weighted by atomic mass is 9.77. The number of alkyl halides is 26. The van der Waals surface area contributed by atoms with E-state index in [9.17, 15) is 114 Å². The van der Waals surface area contributed by atoms with Crippen LogP contribution in [0.5, 0.6) is 0 Å². The Bertz CT molecular complexity index is 872. The second-order valence-corrected chi connectivity index (χ2v) is 8.18. The van der Waals surface area contributed by atoms with E-state index in [1.54, 1.807) is 0 Å². The molecule has 0 aliphatic rings. The van der Waals surface area contributed by atoms with Gasteiger partial charge in [0.05, 0.1) is 5.92 Å². The molecule has 0 N–H and O–H groups in total. The predicted octanol–water partition coefficient (Wildman–Crippen LogP) is 9.88. The van der Waals surface area contributed by atoms with Gasteiger partial charge in [-0.25, -0.2) is 0 Å². The van der Waals surface area contributed by atoms with Crippen molar-refractivity contribution in [3.63, 3.8) is 0 Å². The van der Waals surface area contributed by atoms with E-state index in [1.165, 1.54) is 0 Å². The van der Waals surface area contributed by atoms with Crippen LogP contribution < -0.4 is 0 Å². The van der Waals surface area contributed by atoms with Crippen molar-refractivity contribution in [2.24, 2.45) is 5.92 Å². The van der Waals surface area contributed by atoms with E-state index in [0.717, 1.165) is 0 Å². The minimum absolute atomic E-state index is 0.0462. The highest BCUT2D eigenvalue weighted by Gasteiger charge is 2.95. The summed E-state index contributed by atoms with van der Waals surface area (Å²) in [5.41, 5.74) is 0. The maximum atomic E-state index is 14.2. The molecule has 26 heteroatoms. The Kier molecular flexibility index (Phi) is 9.67. The smallest absolute Gasteiger partial charge is 0.199 e. The fourth-order valence-corrected chi connectivity index (χ4v) is 2.88. The van der Waals surface area contributed by atoms with Gasteiger partial charge in [0.25, 0.3) is 0 Å². The molecule has 0 aliphatic heterocycles. The van der Waals surface area contributed by atoms with Gasteiger partial charge in [-0.05, 0) is 6.42 Å². The lowest BCUT2D eigenvalue weighted by Gasteiger charge is -2.46. The quantitative estimate of drug-likeness (QED) is 0.179. The van der Waals surface area contributed by atoms with Gasteiger partial charge in [0, 0.05) is 0 Å². The molecule has 0 radical (unpaired) electrons. The molecule has 254 valence electrons. The summed E-state index contributed by atoms with van der Waals surface area (Å²) in [6, 6.07) is 0. The highest BCUT2D eigenvalue weighted by Crippen LogP contribution is 2.66. The molecule has 0 atom stereocenters. The highest BCUT2D eigenvalue weighted by atomic mass is 19.4. The third-order valence-corrected chi connectivity index (χ3v) is 5.37. The van der Waals surface area contributed by atoms with E-state index in [4.69, 9.17) is 0 Å². The largest absolute Gasteiger partial charge is 0.460 e. The number of rotatable bonds is 12. The van der Waals surface area contributed by atoms with Crippen molar-refractivity contribution in [2.45, 2.75) is 91.3 Å². The van der Waals surface area contributed by atoms with Gasteiger partial charge in [0.1, 0.15) is 0 Å². The molecule has 0 bridgehead atoms. The first kappa shape index (κ1) is 40.2. The molecule has 0 saturated heterocycles. The summed E-state index contributed by atoms with van der Waals surface area (Å²) < 4.78 is 344. The van der Waals surface area contributed by atoms with E-state index < -0.39 is 90.3 Å². The zero-order valence-corrected chi connectivity index (χ0v) is 18.8. The molecule has 0 aliphatic carbocycles. The van der Waals surface area contributed by atoms with Crippen LogP contribution in [0.3, 0.4) is 0 Å². The Labute approximate surface area is 213 Å². The monoisotopic (exact) mass is 694 g/mol.